The molecule has 2 aromatic rings. The van der Waals surface area contributed by atoms with Gasteiger partial charge in [-0.15, -0.1) is 0 Å². The number of carbonyl (C=O) groups is 1. The van der Waals surface area contributed by atoms with Crippen LogP contribution < -0.4 is 5.32 Å². The average molecular weight is 365 g/mol. The van der Waals surface area contributed by atoms with Crippen molar-refractivity contribution in [3.63, 3.8) is 0 Å². The number of hydrogen-bond donors (Lipinski definition) is 1. The minimum Gasteiger partial charge on any atom is -0.355 e. The van der Waals surface area contributed by atoms with E-state index in [0.717, 1.165) is 43.4 Å². The van der Waals surface area contributed by atoms with E-state index < -0.39 is 0 Å². The van der Waals surface area contributed by atoms with Crippen LogP contribution in [0.2, 0.25) is 0 Å². The molecule has 0 saturated carbocycles. The predicted molar refractivity (Wildman–Crippen MR) is 106 cm³/mol. The molecule has 1 heterocycles. The van der Waals surface area contributed by atoms with Gasteiger partial charge in [-0.1, -0.05) is 49.4 Å². The van der Waals surface area contributed by atoms with Gasteiger partial charge in [0.15, 0.2) is 6.29 Å². The van der Waals surface area contributed by atoms with Gasteiger partial charge >= 0.3 is 0 Å². The molecular formula is C23H27NO3. The van der Waals surface area contributed by atoms with Gasteiger partial charge in [0.25, 0.3) is 0 Å². The number of rotatable bonds is 7. The Morgan fingerprint density at radius 1 is 1.07 bits per heavy atom. The zero-order chi connectivity index (χ0) is 18.6. The largest absolute Gasteiger partial charge is 0.355 e. The molecule has 1 unspecified atom stereocenters. The van der Waals surface area contributed by atoms with Crippen LogP contribution in [0, 0.1) is 0 Å². The third-order valence-electron chi connectivity index (χ3n) is 5.40. The third-order valence-corrected chi connectivity index (χ3v) is 5.40. The van der Waals surface area contributed by atoms with Gasteiger partial charge in [0.1, 0.15) is 0 Å². The number of amides is 1. The Balaban J connectivity index is 1.54. The number of hydrogen-bond acceptors (Lipinski definition) is 3. The highest BCUT2D eigenvalue weighted by Crippen LogP contribution is 2.45. The number of benzene rings is 2. The maximum Gasteiger partial charge on any atom is 0.232 e. The molecule has 2 aromatic carbocycles. The first-order valence-corrected chi connectivity index (χ1v) is 10.0. The normalized spacial score (nSPS) is 18.3. The van der Waals surface area contributed by atoms with Gasteiger partial charge in [0.2, 0.25) is 5.91 Å². The van der Waals surface area contributed by atoms with Gasteiger partial charge in [-0.3, -0.25) is 4.79 Å². The van der Waals surface area contributed by atoms with Crippen molar-refractivity contribution in [3.05, 3.63) is 59.2 Å². The van der Waals surface area contributed by atoms with E-state index in [-0.39, 0.29) is 18.1 Å². The molecule has 1 amide bonds. The molecule has 0 spiro atoms. The summed E-state index contributed by atoms with van der Waals surface area (Å²) >= 11 is 0. The summed E-state index contributed by atoms with van der Waals surface area (Å²) in [5.41, 5.74) is 5.93. The number of nitrogens with one attached hydrogen (secondary N) is 1. The van der Waals surface area contributed by atoms with Crippen LogP contribution in [0.15, 0.2) is 42.5 Å². The van der Waals surface area contributed by atoms with E-state index in [4.69, 9.17) is 9.47 Å². The summed E-state index contributed by atoms with van der Waals surface area (Å²) in [5.74, 6) is -0.0941. The van der Waals surface area contributed by atoms with Gasteiger partial charge in [-0.25, -0.2) is 0 Å². The summed E-state index contributed by atoms with van der Waals surface area (Å²) in [4.78, 5) is 12.8. The number of carbonyl (C=O) groups excluding carboxylic acids is 1. The van der Waals surface area contributed by atoms with Crippen LogP contribution in [0.25, 0.3) is 11.1 Å². The average Bonchev–Trinajstić information content (AvgIpc) is 3.32. The summed E-state index contributed by atoms with van der Waals surface area (Å²) in [5, 5.41) is 3.07. The number of ether oxygens (including phenoxy) is 2. The third kappa shape index (κ3) is 3.78. The summed E-state index contributed by atoms with van der Waals surface area (Å²) in [6.07, 6.45) is 3.86. The summed E-state index contributed by atoms with van der Waals surface area (Å²) in [7, 11) is 0. The van der Waals surface area contributed by atoms with E-state index >= 15 is 0 Å². The van der Waals surface area contributed by atoms with Crippen molar-refractivity contribution in [2.75, 3.05) is 19.8 Å². The highest BCUT2D eigenvalue weighted by molar-refractivity contribution is 5.96. The first kappa shape index (κ1) is 18.2. The second kappa shape index (κ2) is 8.24. The Morgan fingerprint density at radius 2 is 1.85 bits per heavy atom. The lowest BCUT2D eigenvalue weighted by molar-refractivity contribution is -0.121. The Kier molecular flexibility index (Phi) is 5.55. The van der Waals surface area contributed by atoms with E-state index in [1.807, 2.05) is 6.07 Å². The fourth-order valence-electron chi connectivity index (χ4n) is 4.08. The predicted octanol–water partition coefficient (Wildman–Crippen LogP) is 4.02. The fraction of sp³-hybridized carbons (Fsp3) is 0.435. The van der Waals surface area contributed by atoms with Crippen LogP contribution >= 0.6 is 0 Å². The van der Waals surface area contributed by atoms with Crippen molar-refractivity contribution in [1.82, 2.24) is 5.32 Å². The molecule has 1 N–H and O–H groups in total. The molecule has 1 aliphatic carbocycles. The highest BCUT2D eigenvalue weighted by atomic mass is 16.7. The topological polar surface area (TPSA) is 47.6 Å². The zero-order valence-electron chi connectivity index (χ0n) is 15.9. The zero-order valence-corrected chi connectivity index (χ0v) is 15.9. The lowest BCUT2D eigenvalue weighted by atomic mass is 9.94. The molecule has 1 saturated heterocycles. The monoisotopic (exact) mass is 365 g/mol. The van der Waals surface area contributed by atoms with Crippen LogP contribution in [0.3, 0.4) is 0 Å². The van der Waals surface area contributed by atoms with Gasteiger partial charge in [-0.2, -0.15) is 0 Å². The molecule has 0 radical (unpaired) electrons. The van der Waals surface area contributed by atoms with E-state index in [9.17, 15) is 4.79 Å². The summed E-state index contributed by atoms with van der Waals surface area (Å²) < 4.78 is 11.0. The summed E-state index contributed by atoms with van der Waals surface area (Å²) in [6.45, 7) is 4.21. The standard InChI is InChI=1S/C23H27NO3/c1-2-12-24-23(25)22-18-8-4-3-7-17(18)20-15-16(10-11-19(20)22)6-5-9-21-26-13-14-27-21/h3-4,7-8,10-11,15,21-22H,2,5-6,9,12-14H2,1H3,(H,24,25). The molecule has 1 atom stereocenters. The Bertz CT molecular complexity index is 811. The molecular weight excluding hydrogens is 338 g/mol. The lowest BCUT2D eigenvalue weighted by Crippen LogP contribution is -2.29. The van der Waals surface area contributed by atoms with Gasteiger partial charge in [0.05, 0.1) is 19.1 Å². The Morgan fingerprint density at radius 3 is 2.67 bits per heavy atom. The Labute approximate surface area is 160 Å². The highest BCUT2D eigenvalue weighted by Gasteiger charge is 2.33. The minimum absolute atomic E-state index is 0.0354. The van der Waals surface area contributed by atoms with Crippen LogP contribution in [0.1, 0.15) is 48.8 Å². The number of fused-ring (bicyclic) bond motifs is 3. The van der Waals surface area contributed by atoms with E-state index in [2.05, 4.69) is 48.6 Å². The molecule has 1 fully saturated rings. The first-order valence-electron chi connectivity index (χ1n) is 10.0. The van der Waals surface area contributed by atoms with Crippen molar-refractivity contribution < 1.29 is 14.3 Å². The lowest BCUT2D eigenvalue weighted by Gasteiger charge is -2.14. The van der Waals surface area contributed by atoms with Crippen molar-refractivity contribution in [1.29, 1.82) is 0 Å². The minimum atomic E-state index is -0.197. The second-order valence-electron chi connectivity index (χ2n) is 7.30. The quantitative estimate of drug-likeness (QED) is 0.806. The van der Waals surface area contributed by atoms with Crippen molar-refractivity contribution in [3.8, 4) is 11.1 Å². The molecule has 4 rings (SSSR count). The maximum atomic E-state index is 12.8. The second-order valence-corrected chi connectivity index (χ2v) is 7.30. The van der Waals surface area contributed by atoms with E-state index in [1.165, 1.54) is 16.7 Å². The van der Waals surface area contributed by atoms with E-state index in [0.29, 0.717) is 13.2 Å². The van der Waals surface area contributed by atoms with Crippen LogP contribution in [0.4, 0.5) is 0 Å². The van der Waals surface area contributed by atoms with Gasteiger partial charge in [-0.05, 0) is 53.5 Å². The molecule has 27 heavy (non-hydrogen) atoms. The molecule has 2 aliphatic rings. The van der Waals surface area contributed by atoms with E-state index in [1.54, 1.807) is 0 Å². The molecule has 1 aliphatic heterocycles. The first-order chi connectivity index (χ1) is 13.3. The fourth-order valence-corrected chi connectivity index (χ4v) is 4.08. The maximum absolute atomic E-state index is 12.8. The summed E-state index contributed by atoms with van der Waals surface area (Å²) in [6, 6.07) is 14.9. The molecule has 4 heteroatoms. The molecule has 142 valence electrons. The van der Waals surface area contributed by atoms with Crippen molar-refractivity contribution in [2.24, 2.45) is 0 Å². The molecule has 0 aromatic heterocycles. The number of aryl methyl sites for hydroxylation is 1. The van der Waals surface area contributed by atoms with Crippen LogP contribution in [0.5, 0.6) is 0 Å². The molecule has 4 nitrogen and oxygen atoms in total. The van der Waals surface area contributed by atoms with Crippen LogP contribution in [-0.2, 0) is 20.7 Å². The SMILES string of the molecule is CCCNC(=O)C1c2ccccc2-c2cc(CCCC3OCCO3)ccc21. The Hall–Kier alpha value is -2.17. The van der Waals surface area contributed by atoms with Gasteiger partial charge < -0.3 is 14.8 Å². The smallest absolute Gasteiger partial charge is 0.232 e. The van der Waals surface area contributed by atoms with Crippen molar-refractivity contribution >= 4 is 5.91 Å². The molecule has 0 bridgehead atoms. The van der Waals surface area contributed by atoms with Crippen molar-refractivity contribution in [2.45, 2.75) is 44.8 Å². The van der Waals surface area contributed by atoms with Crippen LogP contribution in [-0.4, -0.2) is 32.0 Å². The van der Waals surface area contributed by atoms with Gasteiger partial charge in [0, 0.05) is 6.54 Å².